The molecular formula is C74H116O6. The maximum absolute atomic E-state index is 12.8. The summed E-state index contributed by atoms with van der Waals surface area (Å²) in [5.74, 6) is -1.02. The van der Waals surface area contributed by atoms with Crippen molar-refractivity contribution in [3.63, 3.8) is 0 Å². The Labute approximate surface area is 492 Å². The van der Waals surface area contributed by atoms with Crippen molar-refractivity contribution in [1.82, 2.24) is 0 Å². The average Bonchev–Trinajstić information content (AvgIpc) is 3.46. The molecule has 1 unspecified atom stereocenters. The first-order valence-electron chi connectivity index (χ1n) is 32.1. The van der Waals surface area contributed by atoms with Gasteiger partial charge in [0.25, 0.3) is 0 Å². The van der Waals surface area contributed by atoms with Gasteiger partial charge in [0.15, 0.2) is 6.10 Å². The van der Waals surface area contributed by atoms with Crippen LogP contribution in [0.4, 0.5) is 0 Å². The fourth-order valence-electron chi connectivity index (χ4n) is 8.25. The normalized spacial score (nSPS) is 13.3. The molecule has 0 saturated carbocycles. The Hall–Kier alpha value is -5.23. The van der Waals surface area contributed by atoms with Crippen LogP contribution in [0.25, 0.3) is 0 Å². The fraction of sp³-hybridized carbons (Fsp3) is 0.581. The van der Waals surface area contributed by atoms with Gasteiger partial charge in [-0.2, -0.15) is 0 Å². The second kappa shape index (κ2) is 66.3. The monoisotopic (exact) mass is 1100 g/mol. The van der Waals surface area contributed by atoms with Gasteiger partial charge >= 0.3 is 17.9 Å². The van der Waals surface area contributed by atoms with E-state index >= 15 is 0 Å². The van der Waals surface area contributed by atoms with Crippen LogP contribution in [0, 0.1) is 0 Å². The molecule has 0 aliphatic carbocycles. The van der Waals surface area contributed by atoms with E-state index in [1.165, 1.54) is 77.0 Å². The molecule has 0 saturated heterocycles. The zero-order chi connectivity index (χ0) is 57.8. The van der Waals surface area contributed by atoms with Crippen molar-refractivity contribution in [2.75, 3.05) is 13.2 Å². The Morgan fingerprint density at radius 1 is 0.263 bits per heavy atom. The zero-order valence-electron chi connectivity index (χ0n) is 51.3. The summed E-state index contributed by atoms with van der Waals surface area (Å²) in [5, 5.41) is 0. The van der Waals surface area contributed by atoms with E-state index in [0.29, 0.717) is 19.3 Å². The predicted octanol–water partition coefficient (Wildman–Crippen LogP) is 22.3. The van der Waals surface area contributed by atoms with Crippen LogP contribution in [-0.4, -0.2) is 37.2 Å². The van der Waals surface area contributed by atoms with E-state index < -0.39 is 12.1 Å². The number of hydrogen-bond donors (Lipinski definition) is 0. The Balaban J connectivity index is 4.34. The van der Waals surface area contributed by atoms with Crippen LogP contribution in [0.3, 0.4) is 0 Å². The second-order valence-corrected chi connectivity index (χ2v) is 20.6. The molecular weight excluding hydrogens is 985 g/mol. The van der Waals surface area contributed by atoms with Crippen molar-refractivity contribution in [2.24, 2.45) is 0 Å². The molecule has 0 radical (unpaired) electrons. The molecule has 0 aromatic carbocycles. The van der Waals surface area contributed by atoms with Crippen molar-refractivity contribution in [1.29, 1.82) is 0 Å². The van der Waals surface area contributed by atoms with Crippen molar-refractivity contribution in [2.45, 2.75) is 264 Å². The van der Waals surface area contributed by atoms with E-state index in [1.807, 2.05) is 12.2 Å². The summed E-state index contributed by atoms with van der Waals surface area (Å²) in [4.78, 5) is 38.2. The molecule has 1 atom stereocenters. The smallest absolute Gasteiger partial charge is 0.306 e. The van der Waals surface area contributed by atoms with Gasteiger partial charge in [-0.1, -0.05) is 287 Å². The number of allylic oxidation sites excluding steroid dienone is 28. The maximum Gasteiger partial charge on any atom is 0.306 e. The lowest BCUT2D eigenvalue weighted by molar-refractivity contribution is -0.166. The number of esters is 3. The van der Waals surface area contributed by atoms with Gasteiger partial charge in [-0.15, -0.1) is 0 Å². The molecule has 6 heteroatoms. The van der Waals surface area contributed by atoms with Crippen LogP contribution in [0.5, 0.6) is 0 Å². The van der Waals surface area contributed by atoms with E-state index in [4.69, 9.17) is 14.2 Å². The average molecular weight is 1100 g/mol. The molecule has 0 bridgehead atoms. The molecule has 0 N–H and O–H groups in total. The third-order valence-corrected chi connectivity index (χ3v) is 13.0. The minimum absolute atomic E-state index is 0.116. The van der Waals surface area contributed by atoms with Gasteiger partial charge < -0.3 is 14.2 Å². The lowest BCUT2D eigenvalue weighted by Gasteiger charge is -2.18. The van der Waals surface area contributed by atoms with Gasteiger partial charge in [-0.05, 0) is 122 Å². The molecule has 80 heavy (non-hydrogen) atoms. The molecule has 0 aliphatic heterocycles. The van der Waals surface area contributed by atoms with Crippen molar-refractivity contribution in [3.05, 3.63) is 170 Å². The maximum atomic E-state index is 12.8. The second-order valence-electron chi connectivity index (χ2n) is 20.6. The molecule has 0 rings (SSSR count). The number of hydrogen-bond acceptors (Lipinski definition) is 6. The summed E-state index contributed by atoms with van der Waals surface area (Å²) in [7, 11) is 0. The van der Waals surface area contributed by atoms with Gasteiger partial charge in [-0.3, -0.25) is 14.4 Å². The lowest BCUT2D eigenvalue weighted by Crippen LogP contribution is -2.30. The topological polar surface area (TPSA) is 78.9 Å². The molecule has 0 heterocycles. The van der Waals surface area contributed by atoms with E-state index in [2.05, 4.69) is 179 Å². The molecule has 0 aliphatic rings. The van der Waals surface area contributed by atoms with Gasteiger partial charge in [-0.25, -0.2) is 0 Å². The first-order valence-corrected chi connectivity index (χ1v) is 32.1. The Morgan fingerprint density at radius 2 is 0.512 bits per heavy atom. The van der Waals surface area contributed by atoms with Crippen LogP contribution >= 0.6 is 0 Å². The van der Waals surface area contributed by atoms with Crippen LogP contribution in [0.15, 0.2) is 170 Å². The van der Waals surface area contributed by atoms with Crippen LogP contribution in [0.2, 0.25) is 0 Å². The number of ether oxygens (including phenoxy) is 3. The molecule has 0 aromatic heterocycles. The van der Waals surface area contributed by atoms with Crippen LogP contribution < -0.4 is 0 Å². The number of unbranched alkanes of at least 4 members (excludes halogenated alkanes) is 17. The fourth-order valence-corrected chi connectivity index (χ4v) is 8.25. The third kappa shape index (κ3) is 63.6. The zero-order valence-corrected chi connectivity index (χ0v) is 51.3. The highest BCUT2D eigenvalue weighted by molar-refractivity contribution is 5.71. The summed E-state index contributed by atoms with van der Waals surface area (Å²) >= 11 is 0. The quantitative estimate of drug-likeness (QED) is 0.0261. The highest BCUT2D eigenvalue weighted by Crippen LogP contribution is 2.14. The van der Waals surface area contributed by atoms with Crippen molar-refractivity contribution >= 4 is 17.9 Å². The molecule has 0 fully saturated rings. The van der Waals surface area contributed by atoms with Gasteiger partial charge in [0.1, 0.15) is 13.2 Å². The summed E-state index contributed by atoms with van der Waals surface area (Å²) in [5.41, 5.74) is 0. The standard InChI is InChI=1S/C74H116O6/c1-4-7-10-13-16-19-22-24-26-28-30-31-32-33-34-35-36-37-38-39-40-41-42-43-45-46-48-50-52-55-58-61-64-67-73(76)79-70-71(69-78-72(75)66-63-60-57-54-21-18-15-12-9-6-3)80-74(77)68-65-62-59-56-53-51-49-47-44-29-27-25-23-20-17-14-11-8-5-2/h7-8,10-11,16-17,19-20,24-27,30-31,33-34,36-37,39-40,42-44,47,51,53,59,62,71H,4-6,9,12-15,18,21-23,28-29,32,35,38,41,45-46,48-50,52,54-58,60-61,63-70H2,1-3H3/b10-7-,11-8-,19-16-,20-17-,26-24-,27-25-,31-30-,34-33-,37-36-,40-39-,43-42-,47-44-,53-51-,62-59-. The Bertz CT molecular complexity index is 1840. The SMILES string of the molecule is CC/C=C\C/C=C\C/C=C\C/C=C\C/C=C\C/C=C\C/C=C\C/C=C\CCCCCCCCCCC(=O)OCC(COC(=O)CCCCCCCCCCCC)OC(=O)CC/C=C\C/C=C\C/C=C\C/C=C\C/C=C\C/C=C\CC. The third-order valence-electron chi connectivity index (χ3n) is 13.0. The van der Waals surface area contributed by atoms with E-state index in [0.717, 1.165) is 135 Å². The number of carbonyl (C=O) groups excluding carboxylic acids is 3. The minimum Gasteiger partial charge on any atom is -0.462 e. The summed E-state index contributed by atoms with van der Waals surface area (Å²) in [6.45, 7) is 6.32. The summed E-state index contributed by atoms with van der Waals surface area (Å²) < 4.78 is 16.8. The summed E-state index contributed by atoms with van der Waals surface area (Å²) in [6, 6.07) is 0. The number of rotatable bonds is 56. The molecule has 0 amide bonds. The molecule has 448 valence electrons. The van der Waals surface area contributed by atoms with Crippen molar-refractivity contribution in [3.8, 4) is 0 Å². The van der Waals surface area contributed by atoms with Gasteiger partial charge in [0.2, 0.25) is 0 Å². The molecule has 0 spiro atoms. The first kappa shape index (κ1) is 74.8. The van der Waals surface area contributed by atoms with E-state index in [1.54, 1.807) is 0 Å². The Morgan fingerprint density at radius 3 is 0.812 bits per heavy atom. The highest BCUT2D eigenvalue weighted by Gasteiger charge is 2.19. The van der Waals surface area contributed by atoms with E-state index in [-0.39, 0.29) is 31.6 Å². The lowest BCUT2D eigenvalue weighted by atomic mass is 10.1. The molecule has 0 aromatic rings. The Kier molecular flexibility index (Phi) is 61.9. The minimum atomic E-state index is -0.828. The first-order chi connectivity index (χ1) is 39.5. The molecule has 6 nitrogen and oxygen atoms in total. The van der Waals surface area contributed by atoms with Gasteiger partial charge in [0, 0.05) is 19.3 Å². The predicted molar refractivity (Wildman–Crippen MR) is 348 cm³/mol. The highest BCUT2D eigenvalue weighted by atomic mass is 16.6. The number of carbonyl (C=O) groups is 3. The van der Waals surface area contributed by atoms with E-state index in [9.17, 15) is 14.4 Å². The largest absolute Gasteiger partial charge is 0.462 e. The summed E-state index contributed by atoms with van der Waals surface area (Å²) in [6.07, 6.45) is 98.1. The van der Waals surface area contributed by atoms with Crippen LogP contribution in [-0.2, 0) is 28.6 Å². The van der Waals surface area contributed by atoms with Crippen molar-refractivity contribution < 1.29 is 28.6 Å². The van der Waals surface area contributed by atoms with Crippen LogP contribution in [0.1, 0.15) is 258 Å². The van der Waals surface area contributed by atoms with Gasteiger partial charge in [0.05, 0.1) is 0 Å².